The first-order valence-corrected chi connectivity index (χ1v) is 7.14. The highest BCUT2D eigenvalue weighted by molar-refractivity contribution is 5.86. The number of hydrogen-bond donors (Lipinski definition) is 0. The van der Waals surface area contributed by atoms with E-state index in [0.717, 1.165) is 6.42 Å². The fourth-order valence-electron chi connectivity index (χ4n) is 3.44. The zero-order chi connectivity index (χ0) is 13.5. The van der Waals surface area contributed by atoms with Gasteiger partial charge in [-0.15, -0.1) is 0 Å². The Hall–Kier alpha value is -2.28. The summed E-state index contributed by atoms with van der Waals surface area (Å²) < 4.78 is 2.37. The number of aromatic nitrogens is 1. The molecule has 1 aliphatic rings. The van der Waals surface area contributed by atoms with Crippen LogP contribution in [0.1, 0.15) is 22.7 Å². The number of allylic oxidation sites excluding steroid dienone is 2. The van der Waals surface area contributed by atoms with Gasteiger partial charge in [-0.25, -0.2) is 0 Å². The largest absolute Gasteiger partial charge is 0.346 e. The molecule has 0 amide bonds. The third-order valence-electron chi connectivity index (χ3n) is 4.36. The van der Waals surface area contributed by atoms with Gasteiger partial charge < -0.3 is 4.57 Å². The number of fused-ring (bicyclic) bond motifs is 3. The highest BCUT2D eigenvalue weighted by Crippen LogP contribution is 2.37. The van der Waals surface area contributed by atoms with Gasteiger partial charge in [0.05, 0.1) is 0 Å². The van der Waals surface area contributed by atoms with Crippen LogP contribution < -0.4 is 0 Å². The lowest BCUT2D eigenvalue weighted by Gasteiger charge is -2.20. The Bertz CT molecular complexity index is 793. The van der Waals surface area contributed by atoms with Gasteiger partial charge in [0.25, 0.3) is 0 Å². The molecule has 0 bridgehead atoms. The van der Waals surface area contributed by atoms with Crippen LogP contribution in [0.5, 0.6) is 0 Å². The first-order chi connectivity index (χ1) is 9.86. The lowest BCUT2D eigenvalue weighted by Crippen LogP contribution is -2.09. The molecule has 1 atom stereocenters. The Morgan fingerprint density at radius 2 is 1.70 bits per heavy atom. The summed E-state index contributed by atoms with van der Waals surface area (Å²) in [5.41, 5.74) is 5.64. The minimum Gasteiger partial charge on any atom is -0.346 e. The average Bonchev–Trinajstić information content (AvgIpc) is 2.82. The van der Waals surface area contributed by atoms with Crippen LogP contribution >= 0.6 is 0 Å². The summed E-state index contributed by atoms with van der Waals surface area (Å²) in [6.07, 6.45) is 5.70. The maximum absolute atomic E-state index is 2.37. The SMILES string of the molecule is Cn1c2c(c3ccccc31)CC=CC2c1ccccc1. The van der Waals surface area contributed by atoms with Gasteiger partial charge in [-0.2, -0.15) is 0 Å². The van der Waals surface area contributed by atoms with Crippen LogP contribution in [0.2, 0.25) is 0 Å². The van der Waals surface area contributed by atoms with Crippen LogP contribution in [0.15, 0.2) is 66.7 Å². The zero-order valence-electron chi connectivity index (χ0n) is 11.6. The van der Waals surface area contributed by atoms with Crippen molar-refractivity contribution in [3.8, 4) is 0 Å². The summed E-state index contributed by atoms with van der Waals surface area (Å²) in [5.74, 6) is 0.373. The van der Waals surface area contributed by atoms with Gasteiger partial charge in [-0.3, -0.25) is 0 Å². The van der Waals surface area contributed by atoms with Crippen LogP contribution in [0.25, 0.3) is 10.9 Å². The van der Waals surface area contributed by atoms with E-state index < -0.39 is 0 Å². The zero-order valence-corrected chi connectivity index (χ0v) is 11.6. The van der Waals surface area contributed by atoms with Crippen LogP contribution in [0.4, 0.5) is 0 Å². The van der Waals surface area contributed by atoms with Crippen molar-refractivity contribution >= 4 is 10.9 Å². The second-order valence-corrected chi connectivity index (χ2v) is 5.46. The van der Waals surface area contributed by atoms with E-state index in [1.807, 2.05) is 0 Å². The van der Waals surface area contributed by atoms with Crippen LogP contribution in [0.3, 0.4) is 0 Å². The normalized spacial score (nSPS) is 17.4. The molecule has 1 aliphatic carbocycles. The van der Waals surface area contributed by atoms with Gasteiger partial charge in [-0.05, 0) is 23.6 Å². The average molecular weight is 259 g/mol. The summed E-state index contributed by atoms with van der Waals surface area (Å²) in [7, 11) is 2.19. The van der Waals surface area contributed by atoms with Crippen molar-refractivity contribution in [3.05, 3.63) is 83.6 Å². The predicted molar refractivity (Wildman–Crippen MR) is 84.0 cm³/mol. The minimum atomic E-state index is 0.373. The van der Waals surface area contributed by atoms with Gasteiger partial charge in [-0.1, -0.05) is 60.7 Å². The summed E-state index contributed by atoms with van der Waals surface area (Å²) in [6.45, 7) is 0. The highest BCUT2D eigenvalue weighted by Gasteiger charge is 2.24. The Morgan fingerprint density at radius 1 is 0.950 bits per heavy atom. The van der Waals surface area contributed by atoms with Crippen molar-refractivity contribution in [3.63, 3.8) is 0 Å². The molecule has 0 radical (unpaired) electrons. The van der Waals surface area contributed by atoms with E-state index in [-0.39, 0.29) is 0 Å². The van der Waals surface area contributed by atoms with Crippen molar-refractivity contribution in [2.45, 2.75) is 12.3 Å². The van der Waals surface area contributed by atoms with Crippen LogP contribution in [-0.2, 0) is 13.5 Å². The molecule has 98 valence electrons. The Morgan fingerprint density at radius 3 is 2.55 bits per heavy atom. The monoisotopic (exact) mass is 259 g/mol. The lowest BCUT2D eigenvalue weighted by atomic mass is 9.87. The van der Waals surface area contributed by atoms with E-state index in [9.17, 15) is 0 Å². The molecular weight excluding hydrogens is 242 g/mol. The molecule has 1 heteroatoms. The molecule has 1 nitrogen and oxygen atoms in total. The standard InChI is InChI=1S/C19H17N/c1-20-18-13-6-5-10-16(18)17-12-7-11-15(19(17)20)14-8-3-2-4-9-14/h2-11,13,15H,12H2,1H3. The topological polar surface area (TPSA) is 4.93 Å². The number of para-hydroxylation sites is 1. The van der Waals surface area contributed by atoms with Crippen molar-refractivity contribution in [2.75, 3.05) is 0 Å². The van der Waals surface area contributed by atoms with Gasteiger partial charge >= 0.3 is 0 Å². The molecular formula is C19H17N. The maximum Gasteiger partial charge on any atom is 0.0483 e. The fraction of sp³-hybridized carbons (Fsp3) is 0.158. The summed E-state index contributed by atoms with van der Waals surface area (Å²) in [6, 6.07) is 19.5. The molecule has 0 fully saturated rings. The van der Waals surface area contributed by atoms with Gasteiger partial charge in [0, 0.05) is 29.6 Å². The quantitative estimate of drug-likeness (QED) is 0.570. The Kier molecular flexibility index (Phi) is 2.53. The van der Waals surface area contributed by atoms with Gasteiger partial charge in [0.1, 0.15) is 0 Å². The maximum atomic E-state index is 2.37. The molecule has 20 heavy (non-hydrogen) atoms. The highest BCUT2D eigenvalue weighted by atomic mass is 15.0. The minimum absolute atomic E-state index is 0.373. The number of aryl methyl sites for hydroxylation is 1. The molecule has 1 heterocycles. The number of nitrogens with zero attached hydrogens (tertiary/aromatic N) is 1. The molecule has 1 unspecified atom stereocenters. The van der Waals surface area contributed by atoms with Crippen molar-refractivity contribution in [1.29, 1.82) is 0 Å². The molecule has 1 aromatic heterocycles. The predicted octanol–water partition coefficient (Wildman–Crippen LogP) is 4.42. The fourth-order valence-corrected chi connectivity index (χ4v) is 3.44. The summed E-state index contributed by atoms with van der Waals surface area (Å²) >= 11 is 0. The molecule has 0 spiro atoms. The third kappa shape index (κ3) is 1.56. The van der Waals surface area contributed by atoms with Crippen LogP contribution in [0, 0.1) is 0 Å². The second-order valence-electron chi connectivity index (χ2n) is 5.46. The summed E-state index contributed by atoms with van der Waals surface area (Å²) in [4.78, 5) is 0. The van der Waals surface area contributed by atoms with E-state index in [2.05, 4.69) is 78.4 Å². The van der Waals surface area contributed by atoms with Crippen molar-refractivity contribution < 1.29 is 0 Å². The Labute approximate surface area is 119 Å². The van der Waals surface area contributed by atoms with Crippen molar-refractivity contribution in [2.24, 2.45) is 7.05 Å². The number of rotatable bonds is 1. The second kappa shape index (κ2) is 4.38. The first-order valence-electron chi connectivity index (χ1n) is 7.14. The van der Waals surface area contributed by atoms with E-state index in [0.29, 0.717) is 5.92 Å². The van der Waals surface area contributed by atoms with Gasteiger partial charge in [0.15, 0.2) is 0 Å². The number of hydrogen-bond acceptors (Lipinski definition) is 0. The smallest absolute Gasteiger partial charge is 0.0483 e. The first kappa shape index (κ1) is 11.5. The molecule has 3 aromatic rings. The molecule has 0 saturated heterocycles. The summed E-state index contributed by atoms with van der Waals surface area (Å²) in [5, 5.41) is 1.40. The molecule has 0 N–H and O–H groups in total. The van der Waals surface area contributed by atoms with E-state index in [1.165, 1.54) is 27.7 Å². The lowest BCUT2D eigenvalue weighted by molar-refractivity contribution is 0.804. The van der Waals surface area contributed by atoms with Crippen molar-refractivity contribution in [1.82, 2.24) is 4.57 Å². The van der Waals surface area contributed by atoms with Gasteiger partial charge in [0.2, 0.25) is 0 Å². The van der Waals surface area contributed by atoms with E-state index >= 15 is 0 Å². The van der Waals surface area contributed by atoms with Crippen LogP contribution in [-0.4, -0.2) is 4.57 Å². The number of benzene rings is 2. The molecule has 2 aromatic carbocycles. The third-order valence-corrected chi connectivity index (χ3v) is 4.36. The molecule has 0 aliphatic heterocycles. The Balaban J connectivity index is 2.00. The van der Waals surface area contributed by atoms with E-state index in [4.69, 9.17) is 0 Å². The van der Waals surface area contributed by atoms with E-state index in [1.54, 1.807) is 0 Å². The molecule has 0 saturated carbocycles. The molecule has 4 rings (SSSR count).